The highest BCUT2D eigenvalue weighted by atomic mass is 16.3. The summed E-state index contributed by atoms with van der Waals surface area (Å²) in [6, 6.07) is 0. The lowest BCUT2D eigenvalue weighted by Gasteiger charge is -2.15. The lowest BCUT2D eigenvalue weighted by atomic mass is 10.0. The number of hydrogen-bond donors (Lipinski definition) is 3. The summed E-state index contributed by atoms with van der Waals surface area (Å²) in [5, 5.41) is 15.8. The summed E-state index contributed by atoms with van der Waals surface area (Å²) in [5.41, 5.74) is 0. The van der Waals surface area contributed by atoms with Gasteiger partial charge in [0.2, 0.25) is 0 Å². The van der Waals surface area contributed by atoms with Gasteiger partial charge in [-0.1, -0.05) is 13.3 Å². The molecule has 0 fully saturated rings. The molecule has 1 rings (SSSR count). The highest BCUT2D eigenvalue weighted by Gasteiger charge is 2.07. The van der Waals surface area contributed by atoms with E-state index in [1.54, 1.807) is 0 Å². The zero-order valence-electron chi connectivity index (χ0n) is 15.6. The number of aliphatic imine (C=N–C) groups is 1. The second-order valence-electron chi connectivity index (χ2n) is 6.19. The smallest absolute Gasteiger partial charge is 0.191 e. The van der Waals surface area contributed by atoms with Crippen molar-refractivity contribution in [2.24, 2.45) is 10.9 Å². The molecule has 6 nitrogen and oxygen atoms in total. The van der Waals surface area contributed by atoms with Gasteiger partial charge >= 0.3 is 0 Å². The molecule has 0 saturated carbocycles. The maximum Gasteiger partial charge on any atom is 0.191 e. The van der Waals surface area contributed by atoms with Crippen molar-refractivity contribution < 1.29 is 5.11 Å². The minimum atomic E-state index is 0.248. The average Bonchev–Trinajstić information content (AvgIpc) is 2.97. The van der Waals surface area contributed by atoms with Crippen molar-refractivity contribution in [3.05, 3.63) is 18.2 Å². The van der Waals surface area contributed by atoms with Crippen LogP contribution in [0.3, 0.4) is 0 Å². The molecule has 24 heavy (non-hydrogen) atoms. The van der Waals surface area contributed by atoms with E-state index in [0.29, 0.717) is 5.92 Å². The van der Waals surface area contributed by atoms with Gasteiger partial charge in [-0.05, 0) is 45.4 Å². The van der Waals surface area contributed by atoms with Crippen LogP contribution in [-0.4, -0.2) is 46.9 Å². The van der Waals surface area contributed by atoms with Gasteiger partial charge in [0.25, 0.3) is 0 Å². The molecule has 1 aromatic rings. The summed E-state index contributed by atoms with van der Waals surface area (Å²) in [5.74, 6) is 2.43. The molecule has 1 unspecified atom stereocenters. The molecule has 0 amide bonds. The average molecular weight is 338 g/mol. The van der Waals surface area contributed by atoms with Crippen LogP contribution in [0, 0.1) is 12.8 Å². The molecule has 0 bridgehead atoms. The van der Waals surface area contributed by atoms with Crippen LogP contribution in [0.15, 0.2) is 17.4 Å². The number of imidazole rings is 1. The highest BCUT2D eigenvalue weighted by Crippen LogP contribution is 2.10. The molecular weight excluding hydrogens is 302 g/mol. The number of unbranched alkanes of at least 4 members (excludes halogenated alkanes) is 1. The Balaban J connectivity index is 2.30. The van der Waals surface area contributed by atoms with Crippen LogP contribution in [-0.2, 0) is 6.54 Å². The fourth-order valence-electron chi connectivity index (χ4n) is 2.73. The van der Waals surface area contributed by atoms with Crippen molar-refractivity contribution in [2.75, 3.05) is 26.2 Å². The van der Waals surface area contributed by atoms with Gasteiger partial charge in [-0.3, -0.25) is 4.99 Å². The largest absolute Gasteiger partial charge is 0.396 e. The maximum absolute atomic E-state index is 9.14. The number of aryl methyl sites for hydroxylation is 2. The van der Waals surface area contributed by atoms with Gasteiger partial charge in [0.1, 0.15) is 5.82 Å². The summed E-state index contributed by atoms with van der Waals surface area (Å²) in [4.78, 5) is 8.92. The zero-order chi connectivity index (χ0) is 17.6. The van der Waals surface area contributed by atoms with Gasteiger partial charge in [0.15, 0.2) is 5.96 Å². The number of hydrogen-bond acceptors (Lipinski definition) is 3. The normalized spacial score (nSPS) is 13.1. The number of guanidine groups is 1. The maximum atomic E-state index is 9.14. The third-order valence-electron chi connectivity index (χ3n) is 4.13. The molecule has 0 aromatic carbocycles. The Morgan fingerprint density at radius 2 is 2.12 bits per heavy atom. The minimum absolute atomic E-state index is 0.248. The molecular formula is C18H35N5O. The highest BCUT2D eigenvalue weighted by molar-refractivity contribution is 5.79. The van der Waals surface area contributed by atoms with Crippen LogP contribution >= 0.6 is 0 Å². The third kappa shape index (κ3) is 8.34. The quantitative estimate of drug-likeness (QED) is 0.311. The van der Waals surface area contributed by atoms with Gasteiger partial charge in [-0.25, -0.2) is 4.98 Å². The summed E-state index contributed by atoms with van der Waals surface area (Å²) in [6.45, 7) is 10.1. The van der Waals surface area contributed by atoms with Crippen molar-refractivity contribution in [3.63, 3.8) is 0 Å². The van der Waals surface area contributed by atoms with Crippen molar-refractivity contribution in [2.45, 2.75) is 59.4 Å². The topological polar surface area (TPSA) is 74.5 Å². The molecule has 0 aliphatic rings. The number of aliphatic hydroxyl groups excluding tert-OH is 1. The van der Waals surface area contributed by atoms with Crippen LogP contribution in [0.25, 0.3) is 0 Å². The SMILES string of the molecule is CCCC(CCO)CN=C(NCC)NCCCCn1ccnc1C. The van der Waals surface area contributed by atoms with Crippen molar-refractivity contribution >= 4 is 5.96 Å². The zero-order valence-corrected chi connectivity index (χ0v) is 15.6. The fourth-order valence-corrected chi connectivity index (χ4v) is 2.73. The van der Waals surface area contributed by atoms with E-state index in [9.17, 15) is 0 Å². The molecule has 0 radical (unpaired) electrons. The van der Waals surface area contributed by atoms with E-state index in [1.165, 1.54) is 0 Å². The Morgan fingerprint density at radius 3 is 2.75 bits per heavy atom. The number of aromatic nitrogens is 2. The van der Waals surface area contributed by atoms with E-state index < -0.39 is 0 Å². The fraction of sp³-hybridized carbons (Fsp3) is 0.778. The molecule has 138 valence electrons. The van der Waals surface area contributed by atoms with Gasteiger partial charge in [0, 0.05) is 45.2 Å². The Labute approximate surface area is 146 Å². The molecule has 1 aromatic heterocycles. The van der Waals surface area contributed by atoms with Gasteiger partial charge in [-0.15, -0.1) is 0 Å². The van der Waals surface area contributed by atoms with Crippen LogP contribution in [0.5, 0.6) is 0 Å². The van der Waals surface area contributed by atoms with Gasteiger partial charge < -0.3 is 20.3 Å². The number of nitrogens with zero attached hydrogens (tertiary/aromatic N) is 3. The molecule has 0 spiro atoms. The van der Waals surface area contributed by atoms with Crippen molar-refractivity contribution in [3.8, 4) is 0 Å². The molecule has 1 atom stereocenters. The molecule has 6 heteroatoms. The predicted molar refractivity (Wildman–Crippen MR) is 100 cm³/mol. The van der Waals surface area contributed by atoms with E-state index in [-0.39, 0.29) is 6.61 Å². The van der Waals surface area contributed by atoms with Crippen LogP contribution < -0.4 is 10.6 Å². The monoisotopic (exact) mass is 337 g/mol. The Morgan fingerprint density at radius 1 is 1.29 bits per heavy atom. The summed E-state index contributed by atoms with van der Waals surface area (Å²) < 4.78 is 2.18. The van der Waals surface area contributed by atoms with Gasteiger partial charge in [-0.2, -0.15) is 0 Å². The Kier molecular flexibility index (Phi) is 10.9. The molecule has 3 N–H and O–H groups in total. The van der Waals surface area contributed by atoms with Crippen LogP contribution in [0.4, 0.5) is 0 Å². The molecule has 0 aliphatic heterocycles. The first-order valence-corrected chi connectivity index (χ1v) is 9.32. The lowest BCUT2D eigenvalue weighted by Crippen LogP contribution is -2.38. The Hall–Kier alpha value is -1.56. The first-order chi connectivity index (χ1) is 11.7. The second kappa shape index (κ2) is 12.8. The first kappa shape index (κ1) is 20.5. The molecule has 0 saturated heterocycles. The van der Waals surface area contributed by atoms with Crippen LogP contribution in [0.2, 0.25) is 0 Å². The third-order valence-corrected chi connectivity index (χ3v) is 4.13. The predicted octanol–water partition coefficient (Wildman–Crippen LogP) is 2.33. The number of aliphatic hydroxyl groups is 1. The molecule has 1 heterocycles. The van der Waals surface area contributed by atoms with E-state index in [2.05, 4.69) is 39.0 Å². The van der Waals surface area contributed by atoms with E-state index >= 15 is 0 Å². The van der Waals surface area contributed by atoms with E-state index in [0.717, 1.165) is 70.1 Å². The van der Waals surface area contributed by atoms with Gasteiger partial charge in [0.05, 0.1) is 0 Å². The Bertz CT molecular complexity index is 452. The van der Waals surface area contributed by atoms with E-state index in [1.807, 2.05) is 19.3 Å². The van der Waals surface area contributed by atoms with Crippen molar-refractivity contribution in [1.29, 1.82) is 0 Å². The van der Waals surface area contributed by atoms with Crippen LogP contribution in [0.1, 0.15) is 51.8 Å². The second-order valence-corrected chi connectivity index (χ2v) is 6.19. The lowest BCUT2D eigenvalue weighted by molar-refractivity contribution is 0.253. The first-order valence-electron chi connectivity index (χ1n) is 9.32. The summed E-state index contributed by atoms with van der Waals surface area (Å²) in [6.07, 6.45) is 9.18. The van der Waals surface area contributed by atoms with E-state index in [4.69, 9.17) is 5.11 Å². The van der Waals surface area contributed by atoms with Crippen molar-refractivity contribution in [1.82, 2.24) is 20.2 Å². The standard InChI is InChI=1S/C18H35N5O/c1-4-8-17(9-14-24)15-22-18(19-5-2)21-10-6-7-12-23-13-11-20-16(23)3/h11,13,17,24H,4-10,12,14-15H2,1-3H3,(H2,19,21,22). The summed E-state index contributed by atoms with van der Waals surface area (Å²) in [7, 11) is 0. The number of nitrogens with one attached hydrogen (secondary N) is 2. The molecule has 0 aliphatic carbocycles. The minimum Gasteiger partial charge on any atom is -0.396 e. The number of rotatable bonds is 12. The summed E-state index contributed by atoms with van der Waals surface area (Å²) >= 11 is 0.